The molecule has 0 fully saturated rings. The highest BCUT2D eigenvalue weighted by molar-refractivity contribution is 5.31. The lowest BCUT2D eigenvalue weighted by molar-refractivity contribution is 0.433. The molecule has 18 heavy (non-hydrogen) atoms. The van der Waals surface area contributed by atoms with E-state index < -0.39 is 0 Å². The summed E-state index contributed by atoms with van der Waals surface area (Å²) in [4.78, 5) is 4.51. The van der Waals surface area contributed by atoms with Crippen LogP contribution in [0.2, 0.25) is 0 Å². The minimum Gasteiger partial charge on any atom is -0.464 e. The van der Waals surface area contributed by atoms with Crippen LogP contribution in [0.4, 0.5) is 0 Å². The van der Waals surface area contributed by atoms with Crippen molar-refractivity contribution >= 4 is 0 Å². The third kappa shape index (κ3) is 2.46. The van der Waals surface area contributed by atoms with Crippen molar-refractivity contribution < 1.29 is 4.42 Å². The van der Waals surface area contributed by atoms with Crippen molar-refractivity contribution in [2.24, 2.45) is 0 Å². The molecule has 0 aliphatic carbocycles. The van der Waals surface area contributed by atoms with Crippen LogP contribution >= 0.6 is 0 Å². The van der Waals surface area contributed by atoms with Crippen LogP contribution in [-0.4, -0.2) is 12.0 Å². The van der Waals surface area contributed by atoms with Gasteiger partial charge < -0.3 is 9.73 Å². The minimum atomic E-state index is 0.0680. The third-order valence-electron chi connectivity index (χ3n) is 3.18. The summed E-state index contributed by atoms with van der Waals surface area (Å²) < 4.78 is 5.84. The van der Waals surface area contributed by atoms with E-state index in [2.05, 4.69) is 23.3 Å². The van der Waals surface area contributed by atoms with Gasteiger partial charge in [0.25, 0.3) is 0 Å². The maximum atomic E-state index is 5.84. The Labute approximate surface area is 108 Å². The van der Waals surface area contributed by atoms with Crippen molar-refractivity contribution in [3.05, 3.63) is 52.7 Å². The molecular formula is C15H20N2O. The summed E-state index contributed by atoms with van der Waals surface area (Å²) in [6.45, 7) is 6.14. The fourth-order valence-corrected chi connectivity index (χ4v) is 2.19. The van der Waals surface area contributed by atoms with Crippen LogP contribution < -0.4 is 5.32 Å². The zero-order valence-corrected chi connectivity index (χ0v) is 11.4. The molecule has 0 aliphatic rings. The van der Waals surface area contributed by atoms with Crippen molar-refractivity contribution in [1.29, 1.82) is 0 Å². The number of aromatic nitrogens is 1. The number of nitrogens with zero attached hydrogens (tertiary/aromatic N) is 1. The molecule has 0 saturated heterocycles. The van der Waals surface area contributed by atoms with Gasteiger partial charge in [0, 0.05) is 17.8 Å². The third-order valence-corrected chi connectivity index (χ3v) is 3.18. The molecule has 0 radical (unpaired) electrons. The molecule has 0 saturated carbocycles. The van der Waals surface area contributed by atoms with Crippen molar-refractivity contribution in [3.63, 3.8) is 0 Å². The molecule has 3 nitrogen and oxygen atoms in total. The lowest BCUT2D eigenvalue weighted by atomic mass is 10.0. The van der Waals surface area contributed by atoms with Crippen LogP contribution in [0.5, 0.6) is 0 Å². The molecule has 2 heterocycles. The van der Waals surface area contributed by atoms with Gasteiger partial charge in [-0.2, -0.15) is 0 Å². The van der Waals surface area contributed by atoms with E-state index in [9.17, 15) is 0 Å². The summed E-state index contributed by atoms with van der Waals surface area (Å²) in [5.41, 5.74) is 3.25. The van der Waals surface area contributed by atoms with Gasteiger partial charge in [0.15, 0.2) is 0 Å². The van der Waals surface area contributed by atoms with E-state index in [4.69, 9.17) is 4.42 Å². The van der Waals surface area contributed by atoms with Crippen LogP contribution in [0, 0.1) is 13.8 Å². The predicted octanol–water partition coefficient (Wildman–Crippen LogP) is 3.16. The smallest absolute Gasteiger partial charge is 0.125 e. The van der Waals surface area contributed by atoms with Gasteiger partial charge in [-0.25, -0.2) is 0 Å². The van der Waals surface area contributed by atoms with Crippen LogP contribution in [0.15, 0.2) is 28.7 Å². The first-order valence-electron chi connectivity index (χ1n) is 6.35. The van der Waals surface area contributed by atoms with Crippen molar-refractivity contribution in [3.8, 4) is 0 Å². The number of hydrogen-bond donors (Lipinski definition) is 1. The van der Waals surface area contributed by atoms with Crippen molar-refractivity contribution in [1.82, 2.24) is 10.3 Å². The maximum absolute atomic E-state index is 5.84. The fraction of sp³-hybridized carbons (Fsp3) is 0.400. The number of furan rings is 1. The van der Waals surface area contributed by atoms with Gasteiger partial charge >= 0.3 is 0 Å². The Balaban J connectivity index is 2.38. The molecule has 0 amide bonds. The summed E-state index contributed by atoms with van der Waals surface area (Å²) >= 11 is 0. The second-order valence-corrected chi connectivity index (χ2v) is 4.51. The molecule has 1 atom stereocenters. The Bertz CT molecular complexity index is 531. The Morgan fingerprint density at radius 2 is 2.00 bits per heavy atom. The second kappa shape index (κ2) is 5.36. The molecule has 1 N–H and O–H groups in total. The van der Waals surface area contributed by atoms with E-state index in [-0.39, 0.29) is 6.04 Å². The van der Waals surface area contributed by atoms with Crippen LogP contribution in [0.25, 0.3) is 0 Å². The summed E-state index contributed by atoms with van der Waals surface area (Å²) in [5, 5.41) is 3.30. The average molecular weight is 244 g/mol. The molecule has 2 aromatic heterocycles. The zero-order chi connectivity index (χ0) is 13.1. The molecule has 3 heteroatoms. The summed E-state index contributed by atoms with van der Waals surface area (Å²) in [7, 11) is 1.94. The molecule has 0 aromatic carbocycles. The topological polar surface area (TPSA) is 38.1 Å². The molecular weight excluding hydrogens is 224 g/mol. The number of pyridine rings is 1. The minimum absolute atomic E-state index is 0.0680. The second-order valence-electron chi connectivity index (χ2n) is 4.51. The van der Waals surface area contributed by atoms with E-state index in [1.807, 2.05) is 39.1 Å². The number of nitrogens with one attached hydrogen (secondary N) is 1. The van der Waals surface area contributed by atoms with Gasteiger partial charge in [0.2, 0.25) is 0 Å². The molecule has 0 spiro atoms. The van der Waals surface area contributed by atoms with Crippen molar-refractivity contribution in [2.75, 3.05) is 7.05 Å². The summed E-state index contributed by atoms with van der Waals surface area (Å²) in [5.74, 6) is 1.96. The number of rotatable bonds is 4. The highest BCUT2D eigenvalue weighted by Gasteiger charge is 2.18. The van der Waals surface area contributed by atoms with Gasteiger partial charge in [-0.05, 0) is 44.7 Å². The molecule has 96 valence electrons. The highest BCUT2D eigenvalue weighted by Crippen LogP contribution is 2.25. The normalized spacial score (nSPS) is 12.7. The first-order valence-corrected chi connectivity index (χ1v) is 6.35. The Kier molecular flexibility index (Phi) is 3.82. The SMILES string of the molecule is CCc1ccc(C(NC)c2ccc(C)nc2C)o1. The van der Waals surface area contributed by atoms with Crippen molar-refractivity contribution in [2.45, 2.75) is 33.2 Å². The summed E-state index contributed by atoms with van der Waals surface area (Å²) in [6, 6.07) is 8.30. The van der Waals surface area contributed by atoms with E-state index in [0.717, 1.165) is 29.3 Å². The first kappa shape index (κ1) is 12.8. The number of hydrogen-bond acceptors (Lipinski definition) is 3. The Morgan fingerprint density at radius 1 is 1.22 bits per heavy atom. The van der Waals surface area contributed by atoms with Gasteiger partial charge in [-0.1, -0.05) is 13.0 Å². The van der Waals surface area contributed by atoms with Gasteiger partial charge in [-0.15, -0.1) is 0 Å². The fourth-order valence-electron chi connectivity index (χ4n) is 2.19. The lowest BCUT2D eigenvalue weighted by Gasteiger charge is -2.16. The zero-order valence-electron chi connectivity index (χ0n) is 11.4. The van der Waals surface area contributed by atoms with Crippen LogP contribution in [0.1, 0.15) is 41.4 Å². The first-order chi connectivity index (χ1) is 8.65. The molecule has 0 aliphatic heterocycles. The molecule has 2 aromatic rings. The number of aryl methyl sites for hydroxylation is 3. The van der Waals surface area contributed by atoms with E-state index >= 15 is 0 Å². The van der Waals surface area contributed by atoms with Gasteiger partial charge in [-0.3, -0.25) is 4.98 Å². The average Bonchev–Trinajstić information content (AvgIpc) is 2.81. The summed E-state index contributed by atoms with van der Waals surface area (Å²) in [6.07, 6.45) is 0.918. The quantitative estimate of drug-likeness (QED) is 0.897. The van der Waals surface area contributed by atoms with E-state index in [1.54, 1.807) is 0 Å². The Hall–Kier alpha value is -1.61. The molecule has 2 rings (SSSR count). The van der Waals surface area contributed by atoms with Gasteiger partial charge in [0.05, 0.1) is 6.04 Å². The van der Waals surface area contributed by atoms with Gasteiger partial charge in [0.1, 0.15) is 11.5 Å². The maximum Gasteiger partial charge on any atom is 0.125 e. The van der Waals surface area contributed by atoms with Crippen LogP contribution in [-0.2, 0) is 6.42 Å². The standard InChI is InChI=1S/C15H20N2O/c1-5-12-7-9-14(18-12)15(16-4)13-8-6-10(2)17-11(13)3/h6-9,15-16H,5H2,1-4H3. The lowest BCUT2D eigenvalue weighted by Crippen LogP contribution is -2.18. The van der Waals surface area contributed by atoms with Crippen LogP contribution in [0.3, 0.4) is 0 Å². The van der Waals surface area contributed by atoms with E-state index in [1.165, 1.54) is 5.56 Å². The Morgan fingerprint density at radius 3 is 2.56 bits per heavy atom. The largest absolute Gasteiger partial charge is 0.464 e. The predicted molar refractivity (Wildman–Crippen MR) is 72.7 cm³/mol. The highest BCUT2D eigenvalue weighted by atomic mass is 16.3. The molecule has 0 bridgehead atoms. The monoisotopic (exact) mass is 244 g/mol. The van der Waals surface area contributed by atoms with E-state index in [0.29, 0.717) is 0 Å². The molecule has 1 unspecified atom stereocenters.